The van der Waals surface area contributed by atoms with E-state index in [1.54, 1.807) is 27.5 Å². The topological polar surface area (TPSA) is 79.9 Å². The number of carbonyl (C=O) groups excluding carboxylic acids is 2. The van der Waals surface area contributed by atoms with Crippen molar-refractivity contribution in [2.45, 2.75) is 39.3 Å². The fourth-order valence-electron chi connectivity index (χ4n) is 4.48. The van der Waals surface area contributed by atoms with Gasteiger partial charge in [0.1, 0.15) is 17.3 Å². The first-order valence-electron chi connectivity index (χ1n) is 11.9. The molecule has 7 nitrogen and oxygen atoms in total. The highest BCUT2D eigenvalue weighted by Gasteiger charge is 2.50. The Hall–Kier alpha value is -2.88. The van der Waals surface area contributed by atoms with Gasteiger partial charge in [-0.2, -0.15) is 0 Å². The highest BCUT2D eigenvalue weighted by Crippen LogP contribution is 2.42. The van der Waals surface area contributed by atoms with E-state index in [0.717, 1.165) is 18.8 Å². The number of halogens is 2. The Morgan fingerprint density at radius 2 is 1.97 bits per heavy atom. The monoisotopic (exact) mass is 505 g/mol. The van der Waals surface area contributed by atoms with E-state index in [1.165, 1.54) is 12.1 Å². The van der Waals surface area contributed by atoms with Crippen LogP contribution < -0.4 is 10.6 Å². The van der Waals surface area contributed by atoms with E-state index in [4.69, 9.17) is 9.47 Å². The molecule has 2 atom stereocenters. The SMILES string of the molecule is CC/C=C1\C(C=O)=CN2CC(NC)C(C)(CCOC)C(=O)C2=C1OC.CNCc1ccc(F)cc1F. The summed E-state index contributed by atoms with van der Waals surface area (Å²) in [4.78, 5) is 26.8. The molecule has 0 saturated carbocycles. The molecule has 1 aromatic carbocycles. The molecule has 0 radical (unpaired) electrons. The zero-order valence-corrected chi connectivity index (χ0v) is 21.9. The summed E-state index contributed by atoms with van der Waals surface area (Å²) in [6.07, 6.45) is 5.85. The van der Waals surface area contributed by atoms with Crippen molar-refractivity contribution in [2.75, 3.05) is 41.5 Å². The van der Waals surface area contributed by atoms with Crippen LogP contribution in [-0.2, 0) is 25.6 Å². The lowest BCUT2D eigenvalue weighted by Gasteiger charge is -2.47. The lowest BCUT2D eigenvalue weighted by Crippen LogP contribution is -2.59. The van der Waals surface area contributed by atoms with E-state index in [-0.39, 0.29) is 11.8 Å². The van der Waals surface area contributed by atoms with E-state index in [1.807, 2.05) is 31.9 Å². The molecule has 1 fully saturated rings. The first kappa shape index (κ1) is 29.4. The van der Waals surface area contributed by atoms with Crippen molar-refractivity contribution >= 4 is 12.1 Å². The number of piperidine rings is 1. The summed E-state index contributed by atoms with van der Waals surface area (Å²) in [5.41, 5.74) is 1.62. The molecular weight excluding hydrogens is 468 g/mol. The van der Waals surface area contributed by atoms with Gasteiger partial charge in [0.25, 0.3) is 0 Å². The van der Waals surface area contributed by atoms with Gasteiger partial charge < -0.3 is 25.0 Å². The van der Waals surface area contributed by atoms with Crippen LogP contribution >= 0.6 is 0 Å². The smallest absolute Gasteiger partial charge is 0.190 e. The number of likely N-dealkylation sites (N-methyl/N-ethyl adjacent to an activating group) is 1. The van der Waals surface area contributed by atoms with Gasteiger partial charge in [-0.15, -0.1) is 0 Å². The molecule has 2 N–H and O–H groups in total. The number of allylic oxidation sites excluding steroid dienone is 3. The minimum Gasteiger partial charge on any atom is -0.494 e. The largest absolute Gasteiger partial charge is 0.494 e. The maximum Gasteiger partial charge on any atom is 0.190 e. The number of benzene rings is 1. The van der Waals surface area contributed by atoms with Gasteiger partial charge in [0.15, 0.2) is 17.8 Å². The second-order valence-electron chi connectivity index (χ2n) is 8.86. The minimum atomic E-state index is -0.607. The Labute approximate surface area is 212 Å². The van der Waals surface area contributed by atoms with Gasteiger partial charge in [0.2, 0.25) is 0 Å². The third-order valence-electron chi connectivity index (χ3n) is 6.53. The third-order valence-corrected chi connectivity index (χ3v) is 6.53. The number of methoxy groups -OCH3 is 2. The van der Waals surface area contributed by atoms with E-state index in [9.17, 15) is 18.4 Å². The van der Waals surface area contributed by atoms with E-state index >= 15 is 0 Å². The maximum atomic E-state index is 13.5. The van der Waals surface area contributed by atoms with Gasteiger partial charge >= 0.3 is 0 Å². The molecule has 0 spiro atoms. The Morgan fingerprint density at radius 3 is 2.50 bits per heavy atom. The summed E-state index contributed by atoms with van der Waals surface area (Å²) < 4.78 is 35.9. The molecular formula is C27H37F2N3O4. The summed E-state index contributed by atoms with van der Waals surface area (Å²) in [6.45, 7) is 5.47. The van der Waals surface area contributed by atoms with E-state index < -0.39 is 17.0 Å². The predicted octanol–water partition coefficient (Wildman–Crippen LogP) is 3.48. The number of hydrogen-bond donors (Lipinski definition) is 2. The molecule has 1 aromatic rings. The number of ether oxygens (including phenoxy) is 2. The Balaban J connectivity index is 0.000000346. The zero-order valence-electron chi connectivity index (χ0n) is 21.9. The van der Waals surface area contributed by atoms with Gasteiger partial charge in [-0.25, -0.2) is 8.78 Å². The molecule has 3 rings (SSSR count). The van der Waals surface area contributed by atoms with Gasteiger partial charge in [-0.05, 0) is 33.0 Å². The zero-order chi connectivity index (χ0) is 26.9. The summed E-state index contributed by atoms with van der Waals surface area (Å²) in [5, 5.41) is 6.04. The molecule has 0 aromatic heterocycles. The van der Waals surface area contributed by atoms with Crippen molar-refractivity contribution < 1.29 is 27.8 Å². The first-order valence-corrected chi connectivity index (χ1v) is 11.9. The number of ketones is 1. The molecule has 2 heterocycles. The van der Waals surface area contributed by atoms with Gasteiger partial charge in [-0.3, -0.25) is 9.59 Å². The van der Waals surface area contributed by atoms with Crippen molar-refractivity contribution in [1.29, 1.82) is 0 Å². The van der Waals surface area contributed by atoms with E-state index in [2.05, 4.69) is 10.6 Å². The summed E-state index contributed by atoms with van der Waals surface area (Å²) >= 11 is 0. The molecule has 2 aliphatic rings. The second-order valence-corrected chi connectivity index (χ2v) is 8.86. The van der Waals surface area contributed by atoms with Crippen LogP contribution in [0.15, 0.2) is 53.1 Å². The number of fused-ring (bicyclic) bond motifs is 1. The normalized spacial score (nSPS) is 22.6. The van der Waals surface area contributed by atoms with Crippen LogP contribution in [0.3, 0.4) is 0 Å². The van der Waals surface area contributed by atoms with Gasteiger partial charge in [-0.1, -0.05) is 26.0 Å². The lowest BCUT2D eigenvalue weighted by molar-refractivity contribution is -0.131. The van der Waals surface area contributed by atoms with Crippen molar-refractivity contribution in [3.05, 3.63) is 70.3 Å². The van der Waals surface area contributed by atoms with Gasteiger partial charge in [0, 0.05) is 61.8 Å². The van der Waals surface area contributed by atoms with Crippen molar-refractivity contribution in [3.8, 4) is 0 Å². The van der Waals surface area contributed by atoms with Crippen molar-refractivity contribution in [2.24, 2.45) is 5.41 Å². The maximum absolute atomic E-state index is 13.5. The number of nitrogens with zero attached hydrogens (tertiary/aromatic N) is 1. The number of hydrogen-bond acceptors (Lipinski definition) is 7. The van der Waals surface area contributed by atoms with Crippen LogP contribution in [0.2, 0.25) is 0 Å². The molecule has 0 amide bonds. The fourth-order valence-corrected chi connectivity index (χ4v) is 4.48. The quantitative estimate of drug-likeness (QED) is 0.498. The van der Waals surface area contributed by atoms with E-state index in [0.29, 0.717) is 54.3 Å². The molecule has 0 bridgehead atoms. The van der Waals surface area contributed by atoms with Gasteiger partial charge in [0.05, 0.1) is 12.5 Å². The second kappa shape index (κ2) is 13.4. The van der Waals surface area contributed by atoms with Crippen LogP contribution in [0.5, 0.6) is 0 Å². The Bertz CT molecular complexity index is 1040. The number of Topliss-reactive ketones (excluding diaryl/α,β-unsaturated/α-hetero) is 1. The predicted molar refractivity (Wildman–Crippen MR) is 135 cm³/mol. The molecule has 2 unspecified atom stereocenters. The Morgan fingerprint density at radius 1 is 1.25 bits per heavy atom. The molecule has 36 heavy (non-hydrogen) atoms. The van der Waals surface area contributed by atoms with Crippen molar-refractivity contribution in [1.82, 2.24) is 15.5 Å². The average molecular weight is 506 g/mol. The summed E-state index contributed by atoms with van der Waals surface area (Å²) in [5.74, 6) is -0.549. The van der Waals surface area contributed by atoms with Crippen LogP contribution in [0.1, 0.15) is 32.3 Å². The van der Waals surface area contributed by atoms with Crippen LogP contribution in [-0.4, -0.2) is 64.5 Å². The van der Waals surface area contributed by atoms with Crippen LogP contribution in [0, 0.1) is 17.0 Å². The lowest BCUT2D eigenvalue weighted by atomic mass is 9.70. The number of aldehydes is 1. The third kappa shape index (κ3) is 6.27. The fraction of sp³-hybridized carbons (Fsp3) is 0.481. The van der Waals surface area contributed by atoms with Crippen molar-refractivity contribution in [3.63, 3.8) is 0 Å². The summed E-state index contributed by atoms with van der Waals surface area (Å²) in [7, 11) is 6.75. The number of carbonyl (C=O) groups is 2. The standard InChI is InChI=1S/C19H28N2O4.C8H9F2N/c1-6-7-14-13(12-22)10-21-11-15(20-3)19(2,8-9-24-4)18(23)16(21)17(14)25-5;1-11-5-6-2-3-7(9)4-8(6)10/h7,10,12,15,20H,6,8-9,11H2,1-5H3;2-4,11H,5H2,1H3/b14-7+;. The molecule has 1 saturated heterocycles. The van der Waals surface area contributed by atoms with Crippen LogP contribution in [0.4, 0.5) is 8.78 Å². The highest BCUT2D eigenvalue weighted by molar-refractivity contribution is 6.03. The molecule has 198 valence electrons. The minimum absolute atomic E-state index is 0.00945. The first-order chi connectivity index (χ1) is 17.2. The number of rotatable bonds is 9. The number of nitrogens with one attached hydrogen (secondary N) is 2. The van der Waals surface area contributed by atoms with Crippen LogP contribution in [0.25, 0.3) is 0 Å². The summed E-state index contributed by atoms with van der Waals surface area (Å²) in [6, 6.07) is 3.50. The highest BCUT2D eigenvalue weighted by atomic mass is 19.1. The average Bonchev–Trinajstić information content (AvgIpc) is 2.87. The Kier molecular flexibility index (Phi) is 11.0. The molecule has 9 heteroatoms. The molecule has 2 aliphatic heterocycles. The molecule has 0 aliphatic carbocycles.